The second kappa shape index (κ2) is 6.97. The van der Waals surface area contributed by atoms with E-state index in [2.05, 4.69) is 16.0 Å². The molecule has 0 saturated heterocycles. The van der Waals surface area contributed by atoms with Crippen molar-refractivity contribution in [2.24, 2.45) is 4.99 Å². The standard InChI is InChI=1S/C23H17N5O2/c1-15-19(18-9-2-3-10-20(18)25-15)14-24-23-22(26-21-11-4-5-12-27(21)23)16-7-6-8-17(13-16)28(29)30/h2-14,25H,1H3. The Morgan fingerprint density at radius 1 is 1.10 bits per heavy atom. The third-order valence-corrected chi connectivity index (χ3v) is 5.09. The number of rotatable bonds is 4. The summed E-state index contributed by atoms with van der Waals surface area (Å²) in [6.45, 7) is 2.01. The number of non-ortho nitro benzene ring substituents is 1. The second-order valence-corrected chi connectivity index (χ2v) is 6.99. The minimum Gasteiger partial charge on any atom is -0.358 e. The molecule has 30 heavy (non-hydrogen) atoms. The van der Waals surface area contributed by atoms with Crippen molar-refractivity contribution in [1.82, 2.24) is 14.4 Å². The van der Waals surface area contributed by atoms with Crippen molar-refractivity contribution >= 4 is 34.3 Å². The molecule has 7 nitrogen and oxygen atoms in total. The van der Waals surface area contributed by atoms with E-state index < -0.39 is 4.92 Å². The molecule has 0 atom stereocenters. The number of aryl methyl sites for hydroxylation is 1. The normalized spacial score (nSPS) is 11.6. The molecule has 3 aromatic heterocycles. The fourth-order valence-corrected chi connectivity index (χ4v) is 3.66. The topological polar surface area (TPSA) is 88.6 Å². The minimum absolute atomic E-state index is 0.0203. The molecule has 5 rings (SSSR count). The van der Waals surface area contributed by atoms with Crippen LogP contribution in [-0.2, 0) is 0 Å². The predicted octanol–water partition coefficient (Wildman–Crippen LogP) is 5.45. The molecule has 0 bridgehead atoms. The van der Waals surface area contributed by atoms with Crippen LogP contribution in [0.15, 0.2) is 77.9 Å². The largest absolute Gasteiger partial charge is 0.358 e. The zero-order chi connectivity index (χ0) is 20.7. The van der Waals surface area contributed by atoms with Crippen molar-refractivity contribution in [3.05, 3.63) is 94.3 Å². The number of nitro benzene ring substituents is 1. The third kappa shape index (κ3) is 2.93. The molecule has 5 aromatic rings. The fraction of sp³-hybridized carbons (Fsp3) is 0.0435. The summed E-state index contributed by atoms with van der Waals surface area (Å²) >= 11 is 0. The lowest BCUT2D eigenvalue weighted by Crippen LogP contribution is -1.89. The predicted molar refractivity (Wildman–Crippen MR) is 118 cm³/mol. The van der Waals surface area contributed by atoms with Gasteiger partial charge in [-0.15, -0.1) is 0 Å². The van der Waals surface area contributed by atoms with Gasteiger partial charge in [0, 0.05) is 52.3 Å². The SMILES string of the molecule is Cc1[nH]c2ccccc2c1C=Nc1c(-c2cccc([N+](=O)[O-])c2)nc2ccccn12. The van der Waals surface area contributed by atoms with Crippen LogP contribution in [0, 0.1) is 17.0 Å². The first kappa shape index (κ1) is 17.8. The summed E-state index contributed by atoms with van der Waals surface area (Å²) in [7, 11) is 0. The average Bonchev–Trinajstić information content (AvgIpc) is 3.29. The summed E-state index contributed by atoms with van der Waals surface area (Å²) in [5.41, 5.74) is 5.06. The van der Waals surface area contributed by atoms with Gasteiger partial charge in [0.2, 0.25) is 0 Å². The highest BCUT2D eigenvalue weighted by molar-refractivity contribution is 6.01. The highest BCUT2D eigenvalue weighted by Crippen LogP contribution is 2.33. The first-order valence-corrected chi connectivity index (χ1v) is 9.45. The Morgan fingerprint density at radius 2 is 1.93 bits per heavy atom. The fourth-order valence-electron chi connectivity index (χ4n) is 3.66. The van der Waals surface area contributed by atoms with Crippen molar-refractivity contribution in [2.75, 3.05) is 0 Å². The van der Waals surface area contributed by atoms with Crippen LogP contribution in [0.1, 0.15) is 11.3 Å². The number of aromatic nitrogens is 3. The average molecular weight is 395 g/mol. The molecule has 0 aliphatic carbocycles. The summed E-state index contributed by atoms with van der Waals surface area (Å²) < 4.78 is 1.88. The lowest BCUT2D eigenvalue weighted by Gasteiger charge is -2.01. The van der Waals surface area contributed by atoms with Crippen LogP contribution in [0.4, 0.5) is 11.5 Å². The number of hydrogen-bond donors (Lipinski definition) is 1. The molecule has 3 heterocycles. The number of H-pyrrole nitrogens is 1. The van der Waals surface area contributed by atoms with E-state index in [1.54, 1.807) is 6.07 Å². The third-order valence-electron chi connectivity index (χ3n) is 5.09. The maximum Gasteiger partial charge on any atom is 0.270 e. The van der Waals surface area contributed by atoms with Crippen LogP contribution in [0.25, 0.3) is 27.8 Å². The molecule has 146 valence electrons. The van der Waals surface area contributed by atoms with Crippen molar-refractivity contribution in [1.29, 1.82) is 0 Å². The number of hydrogen-bond acceptors (Lipinski definition) is 4. The number of fused-ring (bicyclic) bond motifs is 2. The minimum atomic E-state index is -0.405. The molecule has 0 amide bonds. The van der Waals surface area contributed by atoms with E-state index in [4.69, 9.17) is 4.99 Å². The maximum absolute atomic E-state index is 11.2. The number of imidazole rings is 1. The number of benzene rings is 2. The van der Waals surface area contributed by atoms with Gasteiger partial charge in [-0.1, -0.05) is 36.4 Å². The van der Waals surface area contributed by atoms with Gasteiger partial charge in [-0.25, -0.2) is 9.98 Å². The van der Waals surface area contributed by atoms with Gasteiger partial charge in [-0.05, 0) is 25.1 Å². The van der Waals surface area contributed by atoms with E-state index in [0.717, 1.165) is 27.8 Å². The van der Waals surface area contributed by atoms with E-state index in [1.807, 2.05) is 66.2 Å². The summed E-state index contributed by atoms with van der Waals surface area (Å²) in [6, 6.07) is 20.2. The Kier molecular flexibility index (Phi) is 4.14. The molecular weight excluding hydrogens is 378 g/mol. The Hall–Kier alpha value is -4.26. The zero-order valence-electron chi connectivity index (χ0n) is 16.1. The van der Waals surface area contributed by atoms with E-state index in [9.17, 15) is 10.1 Å². The van der Waals surface area contributed by atoms with Gasteiger partial charge in [0.25, 0.3) is 5.69 Å². The van der Waals surface area contributed by atoms with Gasteiger partial charge >= 0.3 is 0 Å². The first-order chi connectivity index (χ1) is 14.6. The molecule has 2 aromatic carbocycles. The summed E-state index contributed by atoms with van der Waals surface area (Å²) in [4.78, 5) is 23.7. The van der Waals surface area contributed by atoms with Crippen LogP contribution in [-0.4, -0.2) is 25.5 Å². The van der Waals surface area contributed by atoms with E-state index in [0.29, 0.717) is 17.1 Å². The Balaban J connectivity index is 1.70. The van der Waals surface area contributed by atoms with E-state index >= 15 is 0 Å². The highest BCUT2D eigenvalue weighted by Gasteiger charge is 2.16. The summed E-state index contributed by atoms with van der Waals surface area (Å²) in [5.74, 6) is 0.621. The van der Waals surface area contributed by atoms with Gasteiger partial charge < -0.3 is 4.98 Å². The highest BCUT2D eigenvalue weighted by atomic mass is 16.6. The van der Waals surface area contributed by atoms with Gasteiger partial charge in [-0.2, -0.15) is 0 Å². The second-order valence-electron chi connectivity index (χ2n) is 6.99. The molecule has 0 aliphatic rings. The van der Waals surface area contributed by atoms with E-state index in [-0.39, 0.29) is 5.69 Å². The molecule has 0 unspecified atom stereocenters. The van der Waals surface area contributed by atoms with Crippen LogP contribution in [0.2, 0.25) is 0 Å². The number of pyridine rings is 1. The van der Waals surface area contributed by atoms with Crippen molar-refractivity contribution < 1.29 is 4.92 Å². The molecule has 0 fully saturated rings. The van der Waals surface area contributed by atoms with Gasteiger partial charge in [0.1, 0.15) is 11.3 Å². The molecule has 0 radical (unpaired) electrons. The Morgan fingerprint density at radius 3 is 2.80 bits per heavy atom. The van der Waals surface area contributed by atoms with Gasteiger partial charge in [0.15, 0.2) is 5.82 Å². The van der Waals surface area contributed by atoms with Crippen molar-refractivity contribution in [3.63, 3.8) is 0 Å². The van der Waals surface area contributed by atoms with Crippen molar-refractivity contribution in [2.45, 2.75) is 6.92 Å². The maximum atomic E-state index is 11.2. The number of nitrogens with one attached hydrogen (secondary N) is 1. The van der Waals surface area contributed by atoms with Crippen LogP contribution in [0.3, 0.4) is 0 Å². The quantitative estimate of drug-likeness (QED) is 0.249. The lowest BCUT2D eigenvalue weighted by molar-refractivity contribution is -0.384. The monoisotopic (exact) mass is 395 g/mol. The van der Waals surface area contributed by atoms with Gasteiger partial charge in [-0.3, -0.25) is 14.5 Å². The Bertz CT molecular complexity index is 1440. The zero-order valence-corrected chi connectivity index (χ0v) is 16.1. The smallest absolute Gasteiger partial charge is 0.270 e. The van der Waals surface area contributed by atoms with Crippen LogP contribution >= 0.6 is 0 Å². The number of aromatic amines is 1. The number of aliphatic imine (C=N–C) groups is 1. The summed E-state index contributed by atoms with van der Waals surface area (Å²) in [5, 5.41) is 12.3. The number of para-hydroxylation sites is 1. The molecule has 1 N–H and O–H groups in total. The molecule has 0 aliphatic heterocycles. The summed E-state index contributed by atoms with van der Waals surface area (Å²) in [6.07, 6.45) is 3.71. The van der Waals surface area contributed by atoms with E-state index in [1.165, 1.54) is 12.1 Å². The molecule has 0 saturated carbocycles. The number of nitrogens with zero attached hydrogens (tertiary/aromatic N) is 4. The molecular formula is C23H17N5O2. The van der Waals surface area contributed by atoms with Crippen LogP contribution < -0.4 is 0 Å². The molecule has 7 heteroatoms. The van der Waals surface area contributed by atoms with Crippen molar-refractivity contribution in [3.8, 4) is 11.3 Å². The van der Waals surface area contributed by atoms with Crippen LogP contribution in [0.5, 0.6) is 0 Å². The number of nitro groups is 1. The lowest BCUT2D eigenvalue weighted by atomic mass is 10.1. The Labute approximate surface area is 171 Å². The first-order valence-electron chi connectivity index (χ1n) is 9.45. The molecule has 0 spiro atoms. The van der Waals surface area contributed by atoms with Gasteiger partial charge in [0.05, 0.1) is 4.92 Å².